The molecule has 4 aromatic rings. The summed E-state index contributed by atoms with van der Waals surface area (Å²) in [5.41, 5.74) is 3.38. The van der Waals surface area contributed by atoms with Crippen LogP contribution in [0.25, 0.3) is 0 Å². The van der Waals surface area contributed by atoms with E-state index in [1.807, 2.05) is 121 Å². The van der Waals surface area contributed by atoms with Gasteiger partial charge in [0.2, 0.25) is 0 Å². The van der Waals surface area contributed by atoms with E-state index in [1.165, 1.54) is 0 Å². The van der Waals surface area contributed by atoms with Crippen molar-refractivity contribution in [1.82, 2.24) is 16.0 Å². The Morgan fingerprint density at radius 2 is 0.717 bits per heavy atom. The molecule has 4 rings (SSSR count). The van der Waals surface area contributed by atoms with Gasteiger partial charge in [0, 0.05) is 0 Å². The number of amides is 2. The average Bonchev–Trinajstić information content (AvgIpc) is 3.20. The van der Waals surface area contributed by atoms with Gasteiger partial charge in [-0.05, 0) is 73.9 Å². The van der Waals surface area contributed by atoms with Crippen molar-refractivity contribution in [2.45, 2.75) is 77.0 Å². The van der Waals surface area contributed by atoms with Gasteiger partial charge in [0.05, 0.1) is 0 Å². The van der Waals surface area contributed by atoms with Crippen molar-refractivity contribution in [3.05, 3.63) is 144 Å². The van der Waals surface area contributed by atoms with E-state index >= 15 is 0 Å². The van der Waals surface area contributed by atoms with Gasteiger partial charge in [0.25, 0.3) is 0 Å². The number of rotatable bonds is 22. The van der Waals surface area contributed by atoms with Gasteiger partial charge < -0.3 is 34.9 Å². The highest BCUT2D eigenvalue weighted by molar-refractivity contribution is 5.82. The van der Waals surface area contributed by atoms with E-state index in [0.717, 1.165) is 35.1 Å². The van der Waals surface area contributed by atoms with Gasteiger partial charge in [-0.15, -0.1) is 0 Å². The quantitative estimate of drug-likeness (QED) is 0.0444. The number of carbonyl (C=O) groups excluding carboxylic acids is 4. The number of alkyl carbamates (subject to hydrolysis) is 2. The number of hydrogen-bond acceptors (Lipinski definition) is 9. The van der Waals surface area contributed by atoms with Crippen molar-refractivity contribution in [1.29, 1.82) is 0 Å². The molecule has 3 N–H and O–H groups in total. The molecule has 0 aliphatic rings. The van der Waals surface area contributed by atoms with E-state index in [9.17, 15) is 19.2 Å². The Balaban J connectivity index is 1.17. The second-order valence-corrected chi connectivity index (χ2v) is 12.4. The summed E-state index contributed by atoms with van der Waals surface area (Å²) in [6.45, 7) is 1.77. The second-order valence-electron chi connectivity index (χ2n) is 12.4. The van der Waals surface area contributed by atoms with Gasteiger partial charge in [0.1, 0.15) is 38.5 Å². The minimum Gasteiger partial charge on any atom is -0.459 e. The molecule has 0 saturated carbocycles. The molecule has 0 unspecified atom stereocenters. The Bertz CT molecular complexity index is 1520. The molecule has 0 aliphatic carbocycles. The van der Waals surface area contributed by atoms with Crippen LogP contribution in [0, 0.1) is 0 Å². The van der Waals surface area contributed by atoms with E-state index in [-0.39, 0.29) is 26.4 Å². The largest absolute Gasteiger partial charge is 0.459 e. The smallest absolute Gasteiger partial charge is 0.408 e. The highest BCUT2D eigenvalue weighted by atomic mass is 16.6. The molecule has 0 radical (unpaired) electrons. The van der Waals surface area contributed by atoms with Crippen LogP contribution in [-0.2, 0) is 55.0 Å². The fourth-order valence-electron chi connectivity index (χ4n) is 5.29. The summed E-state index contributed by atoms with van der Waals surface area (Å²) in [7, 11) is 0. The zero-order chi connectivity index (χ0) is 37.4. The molecular weight excluding hydrogens is 674 g/mol. The van der Waals surface area contributed by atoms with Gasteiger partial charge in [-0.25, -0.2) is 19.2 Å². The lowest BCUT2D eigenvalue weighted by atomic mass is 10.1. The van der Waals surface area contributed by atoms with Gasteiger partial charge in [0.15, 0.2) is 0 Å². The lowest BCUT2D eigenvalue weighted by molar-refractivity contribution is -0.148. The van der Waals surface area contributed by atoms with Crippen molar-refractivity contribution in [3.8, 4) is 0 Å². The Morgan fingerprint density at radius 3 is 1.04 bits per heavy atom. The summed E-state index contributed by atoms with van der Waals surface area (Å²) in [6, 6.07) is 35.6. The van der Waals surface area contributed by atoms with Crippen LogP contribution in [0.3, 0.4) is 0 Å². The third-order valence-electron chi connectivity index (χ3n) is 8.22. The first-order valence-electron chi connectivity index (χ1n) is 18.0. The standard InChI is InChI=1S/C42H49N3O8/c46-39(50-29-33-17-5-1-6-18-33)37(44-41(48)52-31-35-21-9-3-10-22-35)25-13-15-27-43-28-16-14-26-38(40(47)51-30-34-19-7-2-8-20-34)45-42(49)53-32-36-23-11-4-12-24-36/h1-12,17-24,37-38,43H,13-16,25-32H2,(H,44,48)(H,45,49)/t37-,38-/m0/s1. The number of ether oxygens (including phenoxy) is 4. The fourth-order valence-corrected chi connectivity index (χ4v) is 5.29. The maximum absolute atomic E-state index is 13.0. The highest BCUT2D eigenvalue weighted by Crippen LogP contribution is 2.10. The first-order chi connectivity index (χ1) is 26.0. The molecule has 11 nitrogen and oxygen atoms in total. The molecule has 0 aromatic heterocycles. The maximum Gasteiger partial charge on any atom is 0.408 e. The fraction of sp³-hybridized carbons (Fsp3) is 0.333. The normalized spacial score (nSPS) is 11.8. The zero-order valence-corrected chi connectivity index (χ0v) is 30.0. The zero-order valence-electron chi connectivity index (χ0n) is 30.0. The van der Waals surface area contributed by atoms with E-state index in [0.29, 0.717) is 38.8 Å². The number of carbonyl (C=O) groups is 4. The van der Waals surface area contributed by atoms with Crippen LogP contribution in [0.5, 0.6) is 0 Å². The summed E-state index contributed by atoms with van der Waals surface area (Å²) >= 11 is 0. The molecule has 11 heteroatoms. The van der Waals surface area contributed by atoms with Crippen molar-refractivity contribution >= 4 is 24.1 Å². The molecule has 0 saturated heterocycles. The predicted molar refractivity (Wildman–Crippen MR) is 200 cm³/mol. The van der Waals surface area contributed by atoms with E-state index in [2.05, 4.69) is 16.0 Å². The average molecular weight is 724 g/mol. The lowest BCUT2D eigenvalue weighted by Gasteiger charge is -2.18. The van der Waals surface area contributed by atoms with Crippen LogP contribution in [0.1, 0.15) is 60.8 Å². The molecule has 53 heavy (non-hydrogen) atoms. The van der Waals surface area contributed by atoms with Crippen LogP contribution >= 0.6 is 0 Å². The Kier molecular flexibility index (Phi) is 18.0. The maximum atomic E-state index is 13.0. The number of benzene rings is 4. The molecule has 0 heterocycles. The molecular formula is C42H49N3O8. The second kappa shape index (κ2) is 23.7. The van der Waals surface area contributed by atoms with Gasteiger partial charge >= 0.3 is 24.1 Å². The van der Waals surface area contributed by atoms with E-state index in [4.69, 9.17) is 18.9 Å². The molecule has 280 valence electrons. The summed E-state index contributed by atoms with van der Waals surface area (Å²) in [4.78, 5) is 51.1. The Hall–Kier alpha value is -5.68. The van der Waals surface area contributed by atoms with Crippen molar-refractivity contribution in [2.24, 2.45) is 0 Å². The monoisotopic (exact) mass is 723 g/mol. The minimum absolute atomic E-state index is 0.0897. The van der Waals surface area contributed by atoms with Crippen LogP contribution in [0.2, 0.25) is 0 Å². The molecule has 0 aliphatic heterocycles. The first-order valence-corrected chi connectivity index (χ1v) is 18.0. The number of unbranched alkanes of at least 4 members (excludes halogenated alkanes) is 2. The molecule has 0 fully saturated rings. The van der Waals surface area contributed by atoms with Crippen LogP contribution in [0.15, 0.2) is 121 Å². The minimum atomic E-state index is -0.854. The van der Waals surface area contributed by atoms with E-state index < -0.39 is 36.2 Å². The number of nitrogens with one attached hydrogen (secondary N) is 3. The highest BCUT2D eigenvalue weighted by Gasteiger charge is 2.24. The van der Waals surface area contributed by atoms with Crippen LogP contribution in [-0.4, -0.2) is 49.3 Å². The van der Waals surface area contributed by atoms with E-state index in [1.54, 1.807) is 0 Å². The van der Waals surface area contributed by atoms with Gasteiger partial charge in [-0.3, -0.25) is 0 Å². The van der Waals surface area contributed by atoms with Crippen molar-refractivity contribution in [3.63, 3.8) is 0 Å². The Labute approximate surface area is 311 Å². The summed E-state index contributed by atoms with van der Waals surface area (Å²) in [5.74, 6) is -1.04. The molecule has 2 amide bonds. The number of hydrogen-bond donors (Lipinski definition) is 3. The van der Waals surface area contributed by atoms with Crippen molar-refractivity contribution in [2.75, 3.05) is 13.1 Å². The molecule has 4 aromatic carbocycles. The topological polar surface area (TPSA) is 141 Å². The Morgan fingerprint density at radius 1 is 0.415 bits per heavy atom. The summed E-state index contributed by atoms with van der Waals surface area (Å²) < 4.78 is 21.7. The van der Waals surface area contributed by atoms with Gasteiger partial charge in [-0.1, -0.05) is 121 Å². The SMILES string of the molecule is O=C(N[C@@H](CCCCNCCCC[C@H](NC(=O)OCc1ccccc1)C(=O)OCc1ccccc1)C(=O)OCc1ccccc1)OCc1ccccc1. The molecule has 0 bridgehead atoms. The summed E-state index contributed by atoms with van der Waals surface area (Å²) in [5, 5.41) is 8.74. The molecule has 2 atom stereocenters. The van der Waals surface area contributed by atoms with Gasteiger partial charge in [-0.2, -0.15) is 0 Å². The third-order valence-corrected chi connectivity index (χ3v) is 8.22. The number of esters is 2. The van der Waals surface area contributed by atoms with Crippen LogP contribution < -0.4 is 16.0 Å². The van der Waals surface area contributed by atoms with Crippen molar-refractivity contribution < 1.29 is 38.1 Å². The van der Waals surface area contributed by atoms with Crippen LogP contribution in [0.4, 0.5) is 9.59 Å². The lowest BCUT2D eigenvalue weighted by Crippen LogP contribution is -2.42. The predicted octanol–water partition coefficient (Wildman–Crippen LogP) is 6.99. The first kappa shape index (κ1) is 40.1. The summed E-state index contributed by atoms with van der Waals surface area (Å²) in [6.07, 6.45) is 2.22. The third kappa shape index (κ3) is 16.5. The molecule has 0 spiro atoms.